The van der Waals surface area contributed by atoms with Gasteiger partial charge in [-0.25, -0.2) is 14.8 Å². The van der Waals surface area contributed by atoms with E-state index in [1.165, 1.54) is 6.20 Å². The van der Waals surface area contributed by atoms with Crippen LogP contribution in [-0.4, -0.2) is 41.3 Å². The number of carbonyl (C=O) groups excluding carboxylic acids is 1. The number of ether oxygens (including phenoxy) is 1. The second kappa shape index (κ2) is 7.27. The quantitative estimate of drug-likeness (QED) is 0.913. The van der Waals surface area contributed by atoms with E-state index >= 15 is 0 Å². The van der Waals surface area contributed by atoms with Crippen molar-refractivity contribution in [1.29, 1.82) is 5.26 Å². The lowest BCUT2D eigenvalue weighted by Gasteiger charge is -2.25. The molecule has 0 aliphatic rings. The first kappa shape index (κ1) is 18.0. The molecule has 1 atom stereocenters. The molecule has 22 heavy (non-hydrogen) atoms. The van der Waals surface area contributed by atoms with Gasteiger partial charge in [0.2, 0.25) is 0 Å². The van der Waals surface area contributed by atoms with Crippen molar-refractivity contribution in [1.82, 2.24) is 15.3 Å². The van der Waals surface area contributed by atoms with E-state index < -0.39 is 11.7 Å². The Morgan fingerprint density at radius 2 is 2.23 bits per heavy atom. The minimum atomic E-state index is -0.540. The van der Waals surface area contributed by atoms with E-state index in [1.807, 2.05) is 13.0 Å². The first-order valence-electron chi connectivity index (χ1n) is 6.75. The summed E-state index contributed by atoms with van der Waals surface area (Å²) in [4.78, 5) is 21.5. The maximum Gasteiger partial charge on any atom is 0.407 e. The van der Waals surface area contributed by atoms with E-state index in [0.717, 1.165) is 0 Å². The third-order valence-corrected chi connectivity index (χ3v) is 2.79. The van der Waals surface area contributed by atoms with Crippen LogP contribution in [0.5, 0.6) is 0 Å². The van der Waals surface area contributed by atoms with E-state index in [9.17, 15) is 4.79 Å². The van der Waals surface area contributed by atoms with Crippen LogP contribution >= 0.6 is 11.6 Å². The van der Waals surface area contributed by atoms with Gasteiger partial charge in [0, 0.05) is 19.6 Å². The van der Waals surface area contributed by atoms with Crippen LogP contribution in [0.1, 0.15) is 33.4 Å². The third kappa shape index (κ3) is 5.74. The molecule has 0 aliphatic heterocycles. The number of halogens is 1. The fraction of sp³-hybridized carbons (Fsp3) is 0.571. The van der Waals surface area contributed by atoms with Crippen molar-refractivity contribution >= 4 is 23.5 Å². The van der Waals surface area contributed by atoms with Crippen molar-refractivity contribution in [2.24, 2.45) is 0 Å². The van der Waals surface area contributed by atoms with E-state index in [2.05, 4.69) is 15.3 Å². The summed E-state index contributed by atoms with van der Waals surface area (Å²) in [5.74, 6) is 0.516. The molecule has 0 saturated carbocycles. The van der Waals surface area contributed by atoms with Gasteiger partial charge < -0.3 is 15.0 Å². The highest BCUT2D eigenvalue weighted by molar-refractivity contribution is 6.30. The summed E-state index contributed by atoms with van der Waals surface area (Å²) < 4.78 is 5.19. The largest absolute Gasteiger partial charge is 0.444 e. The Kier molecular flexibility index (Phi) is 5.94. The molecule has 0 fully saturated rings. The fourth-order valence-electron chi connectivity index (χ4n) is 1.68. The molecule has 0 spiro atoms. The Balaban J connectivity index is 2.61. The maximum atomic E-state index is 11.7. The number of rotatable bonds is 4. The number of alkyl carbamates (subject to hydrolysis) is 1. The number of nitrogens with zero attached hydrogens (tertiary/aromatic N) is 4. The van der Waals surface area contributed by atoms with Crippen LogP contribution in [0.2, 0.25) is 5.15 Å². The highest BCUT2D eigenvalue weighted by Gasteiger charge is 2.18. The number of anilines is 1. The van der Waals surface area contributed by atoms with Gasteiger partial charge in [-0.1, -0.05) is 11.6 Å². The summed E-state index contributed by atoms with van der Waals surface area (Å²) in [5, 5.41) is 11.6. The molecule has 0 radical (unpaired) electrons. The van der Waals surface area contributed by atoms with Gasteiger partial charge in [-0.3, -0.25) is 0 Å². The average Bonchev–Trinajstić information content (AvgIpc) is 2.35. The maximum absolute atomic E-state index is 11.7. The Bertz CT molecular complexity index is 580. The van der Waals surface area contributed by atoms with E-state index in [0.29, 0.717) is 12.4 Å². The molecule has 0 saturated heterocycles. The zero-order valence-electron chi connectivity index (χ0n) is 13.3. The van der Waals surface area contributed by atoms with Crippen LogP contribution in [0.25, 0.3) is 0 Å². The lowest BCUT2D eigenvalue weighted by Crippen LogP contribution is -2.43. The predicted molar refractivity (Wildman–Crippen MR) is 83.9 cm³/mol. The molecular weight excluding hydrogens is 306 g/mol. The Labute approximate surface area is 135 Å². The Morgan fingerprint density at radius 3 is 2.73 bits per heavy atom. The molecule has 1 N–H and O–H groups in total. The second-order valence-electron chi connectivity index (χ2n) is 5.91. The van der Waals surface area contributed by atoms with Crippen molar-refractivity contribution in [3.8, 4) is 6.07 Å². The van der Waals surface area contributed by atoms with Gasteiger partial charge in [0.1, 0.15) is 17.5 Å². The van der Waals surface area contributed by atoms with E-state index in [1.54, 1.807) is 32.7 Å². The fourth-order valence-corrected chi connectivity index (χ4v) is 1.85. The van der Waals surface area contributed by atoms with Gasteiger partial charge in [0.05, 0.1) is 6.20 Å². The minimum absolute atomic E-state index is 0.0552. The number of hydrogen-bond donors (Lipinski definition) is 1. The molecule has 1 amide bonds. The molecular formula is C14H20ClN5O2. The molecule has 120 valence electrons. The number of nitriles is 1. The van der Waals surface area contributed by atoms with Crippen LogP contribution < -0.4 is 10.2 Å². The van der Waals surface area contributed by atoms with E-state index in [-0.39, 0.29) is 16.9 Å². The molecule has 0 aromatic carbocycles. The third-order valence-electron chi connectivity index (χ3n) is 2.53. The SMILES string of the molecule is C[C@H](CN(C)c1cnc(C#N)c(Cl)n1)NC(=O)OC(C)(C)C. The Hall–Kier alpha value is -2.07. The standard InChI is InChI=1S/C14H20ClN5O2/c1-9(18-13(21)22-14(2,3)4)8-20(5)11-7-17-10(6-16)12(15)19-11/h7,9H,8H2,1-5H3,(H,18,21)/t9-/m1/s1. The van der Waals surface area contributed by atoms with Gasteiger partial charge in [0.15, 0.2) is 10.8 Å². The highest BCUT2D eigenvalue weighted by atomic mass is 35.5. The van der Waals surface area contributed by atoms with Crippen molar-refractivity contribution < 1.29 is 9.53 Å². The molecule has 0 bridgehead atoms. The highest BCUT2D eigenvalue weighted by Crippen LogP contribution is 2.15. The smallest absolute Gasteiger partial charge is 0.407 e. The molecule has 1 heterocycles. The molecule has 8 heteroatoms. The first-order valence-corrected chi connectivity index (χ1v) is 7.13. The van der Waals surface area contributed by atoms with E-state index in [4.69, 9.17) is 21.6 Å². The Morgan fingerprint density at radius 1 is 1.59 bits per heavy atom. The molecule has 1 aromatic heterocycles. The number of hydrogen-bond acceptors (Lipinski definition) is 6. The number of likely N-dealkylation sites (N-methyl/N-ethyl adjacent to an activating group) is 1. The monoisotopic (exact) mass is 325 g/mol. The van der Waals surface area contributed by atoms with Gasteiger partial charge in [0.25, 0.3) is 0 Å². The predicted octanol–water partition coefficient (Wildman–Crippen LogP) is 2.35. The lowest BCUT2D eigenvalue weighted by atomic mass is 10.2. The average molecular weight is 326 g/mol. The summed E-state index contributed by atoms with van der Waals surface area (Å²) >= 11 is 5.85. The van der Waals surface area contributed by atoms with Crippen LogP contribution in [0.15, 0.2) is 6.20 Å². The summed E-state index contributed by atoms with van der Waals surface area (Å²) in [7, 11) is 1.79. The molecule has 1 aromatic rings. The zero-order chi connectivity index (χ0) is 16.9. The zero-order valence-corrected chi connectivity index (χ0v) is 14.1. The van der Waals surface area contributed by atoms with Crippen LogP contribution in [0, 0.1) is 11.3 Å². The van der Waals surface area contributed by atoms with Crippen molar-refractivity contribution in [3.05, 3.63) is 17.0 Å². The van der Waals surface area contributed by atoms with Gasteiger partial charge in [-0.2, -0.15) is 5.26 Å². The van der Waals surface area contributed by atoms with Crippen molar-refractivity contribution in [3.63, 3.8) is 0 Å². The summed E-state index contributed by atoms with van der Waals surface area (Å²) in [6.45, 7) is 7.74. The number of carbonyl (C=O) groups is 1. The topological polar surface area (TPSA) is 91.1 Å². The normalized spacial score (nSPS) is 12.2. The number of aromatic nitrogens is 2. The van der Waals surface area contributed by atoms with Gasteiger partial charge in [-0.05, 0) is 27.7 Å². The number of amides is 1. The minimum Gasteiger partial charge on any atom is -0.444 e. The van der Waals surface area contributed by atoms with Gasteiger partial charge in [-0.15, -0.1) is 0 Å². The molecule has 0 unspecified atom stereocenters. The molecule has 0 aliphatic carbocycles. The summed E-state index contributed by atoms with van der Waals surface area (Å²) in [5.41, 5.74) is -0.458. The second-order valence-corrected chi connectivity index (χ2v) is 6.27. The van der Waals surface area contributed by atoms with Crippen molar-refractivity contribution in [2.75, 3.05) is 18.5 Å². The van der Waals surface area contributed by atoms with Crippen LogP contribution in [0.4, 0.5) is 10.6 Å². The molecule has 1 rings (SSSR count). The van der Waals surface area contributed by atoms with Crippen LogP contribution in [-0.2, 0) is 4.74 Å². The first-order chi connectivity index (χ1) is 10.1. The van der Waals surface area contributed by atoms with Crippen LogP contribution in [0.3, 0.4) is 0 Å². The van der Waals surface area contributed by atoms with Gasteiger partial charge >= 0.3 is 6.09 Å². The number of nitrogens with one attached hydrogen (secondary N) is 1. The molecule has 7 nitrogen and oxygen atoms in total. The van der Waals surface area contributed by atoms with Crippen molar-refractivity contribution in [2.45, 2.75) is 39.3 Å². The lowest BCUT2D eigenvalue weighted by molar-refractivity contribution is 0.0510. The summed E-state index contributed by atoms with van der Waals surface area (Å²) in [6, 6.07) is 1.68. The summed E-state index contributed by atoms with van der Waals surface area (Å²) in [6.07, 6.45) is 0.988.